The molecule has 0 aliphatic heterocycles. The third kappa shape index (κ3) is 3.55. The van der Waals surface area contributed by atoms with Crippen molar-refractivity contribution in [1.82, 2.24) is 0 Å². The molecule has 2 aromatic carbocycles. The van der Waals surface area contributed by atoms with E-state index in [4.69, 9.17) is 4.74 Å². The van der Waals surface area contributed by atoms with E-state index < -0.39 is 4.92 Å². The second kappa shape index (κ2) is 6.68. The Morgan fingerprint density at radius 1 is 1.15 bits per heavy atom. The summed E-state index contributed by atoms with van der Waals surface area (Å²) in [6, 6.07) is 14.1. The van der Waals surface area contributed by atoms with Crippen molar-refractivity contribution in [2.75, 3.05) is 6.61 Å². The largest absolute Gasteiger partial charge is 0.493 e. The first kappa shape index (κ1) is 14.0. The number of hydrogen-bond acceptors (Lipinski definition) is 4. The average Bonchev–Trinajstić information content (AvgIpc) is 2.48. The van der Waals surface area contributed by atoms with E-state index in [2.05, 4.69) is 0 Å². The number of aliphatic hydroxyl groups excluding tert-OH is 1. The number of nitro groups is 1. The van der Waals surface area contributed by atoms with Gasteiger partial charge in [-0.3, -0.25) is 10.1 Å². The maximum Gasteiger partial charge on any atom is 0.270 e. The summed E-state index contributed by atoms with van der Waals surface area (Å²) >= 11 is 0. The molecule has 0 bridgehead atoms. The zero-order valence-corrected chi connectivity index (χ0v) is 10.9. The Bertz CT molecular complexity index is 584. The maximum absolute atomic E-state index is 10.7. The van der Waals surface area contributed by atoms with Crippen LogP contribution in [0.3, 0.4) is 0 Å². The summed E-state index contributed by atoms with van der Waals surface area (Å²) in [7, 11) is 0. The third-order valence-corrected chi connectivity index (χ3v) is 2.92. The van der Waals surface area contributed by atoms with Crippen molar-refractivity contribution in [2.24, 2.45) is 0 Å². The minimum Gasteiger partial charge on any atom is -0.493 e. The zero-order chi connectivity index (χ0) is 14.4. The van der Waals surface area contributed by atoms with Gasteiger partial charge in [-0.2, -0.15) is 0 Å². The summed E-state index contributed by atoms with van der Waals surface area (Å²) in [5.74, 6) is 0.481. The minimum atomic E-state index is -0.493. The first-order chi connectivity index (χ1) is 9.70. The predicted octanol–water partition coefficient (Wildman–Crippen LogP) is 2.71. The fraction of sp³-hybridized carbons (Fsp3) is 0.200. The van der Waals surface area contributed by atoms with E-state index in [1.807, 2.05) is 30.3 Å². The van der Waals surface area contributed by atoms with Crippen molar-refractivity contribution in [3.05, 3.63) is 69.8 Å². The molecule has 0 heterocycles. The summed E-state index contributed by atoms with van der Waals surface area (Å²) in [5, 5.41) is 19.9. The van der Waals surface area contributed by atoms with Crippen LogP contribution in [0.2, 0.25) is 0 Å². The molecule has 0 aliphatic carbocycles. The Hall–Kier alpha value is -2.40. The van der Waals surface area contributed by atoms with Gasteiger partial charge in [-0.25, -0.2) is 0 Å². The molecule has 0 saturated heterocycles. The highest BCUT2D eigenvalue weighted by Gasteiger charge is 2.11. The highest BCUT2D eigenvalue weighted by molar-refractivity contribution is 5.43. The Balaban J connectivity index is 2.00. The Morgan fingerprint density at radius 2 is 1.90 bits per heavy atom. The standard InChI is InChI=1S/C15H15NO4/c17-11-13-10-14(16(18)19)6-7-15(13)20-9-8-12-4-2-1-3-5-12/h1-7,10,17H,8-9,11H2. The molecule has 1 N–H and O–H groups in total. The van der Waals surface area contributed by atoms with E-state index in [1.54, 1.807) is 0 Å². The molecule has 0 saturated carbocycles. The molecule has 2 aromatic rings. The first-order valence-corrected chi connectivity index (χ1v) is 6.25. The Kier molecular flexibility index (Phi) is 4.68. The summed E-state index contributed by atoms with van der Waals surface area (Å²) < 4.78 is 5.58. The van der Waals surface area contributed by atoms with Crippen LogP contribution in [0, 0.1) is 10.1 Å². The van der Waals surface area contributed by atoms with Gasteiger partial charge in [0.2, 0.25) is 0 Å². The lowest BCUT2D eigenvalue weighted by Crippen LogP contribution is -2.04. The van der Waals surface area contributed by atoms with Crippen LogP contribution >= 0.6 is 0 Å². The third-order valence-electron chi connectivity index (χ3n) is 2.92. The van der Waals surface area contributed by atoms with Gasteiger partial charge >= 0.3 is 0 Å². The van der Waals surface area contributed by atoms with Gasteiger partial charge < -0.3 is 9.84 Å². The Morgan fingerprint density at radius 3 is 2.55 bits per heavy atom. The van der Waals surface area contributed by atoms with Gasteiger partial charge in [0.1, 0.15) is 5.75 Å². The maximum atomic E-state index is 10.7. The lowest BCUT2D eigenvalue weighted by molar-refractivity contribution is -0.385. The van der Waals surface area contributed by atoms with Crippen LogP contribution in [-0.4, -0.2) is 16.6 Å². The molecule has 0 unspecified atom stereocenters. The SMILES string of the molecule is O=[N+]([O-])c1ccc(OCCc2ccccc2)c(CO)c1. The number of nitrogens with zero attached hydrogens (tertiary/aromatic N) is 1. The van der Waals surface area contributed by atoms with Gasteiger partial charge in [0.05, 0.1) is 18.1 Å². The average molecular weight is 273 g/mol. The van der Waals surface area contributed by atoms with Gasteiger partial charge in [-0.15, -0.1) is 0 Å². The fourth-order valence-electron chi connectivity index (χ4n) is 1.87. The van der Waals surface area contributed by atoms with Crippen molar-refractivity contribution in [3.63, 3.8) is 0 Å². The molecule has 5 heteroatoms. The second-order valence-corrected chi connectivity index (χ2v) is 4.29. The van der Waals surface area contributed by atoms with E-state index in [0.29, 0.717) is 17.9 Å². The van der Waals surface area contributed by atoms with Crippen molar-refractivity contribution in [3.8, 4) is 5.75 Å². The molecular weight excluding hydrogens is 258 g/mol. The summed E-state index contributed by atoms with van der Waals surface area (Å²) in [4.78, 5) is 10.2. The Labute approximate surface area is 116 Å². The van der Waals surface area contributed by atoms with Crippen LogP contribution in [0.4, 0.5) is 5.69 Å². The smallest absolute Gasteiger partial charge is 0.270 e. The molecule has 0 amide bonds. The molecule has 20 heavy (non-hydrogen) atoms. The fourth-order valence-corrected chi connectivity index (χ4v) is 1.87. The first-order valence-electron chi connectivity index (χ1n) is 6.25. The predicted molar refractivity (Wildman–Crippen MR) is 74.7 cm³/mol. The van der Waals surface area contributed by atoms with Crippen molar-refractivity contribution >= 4 is 5.69 Å². The van der Waals surface area contributed by atoms with Crippen molar-refractivity contribution in [1.29, 1.82) is 0 Å². The number of nitro benzene ring substituents is 1. The van der Waals surface area contributed by atoms with Crippen LogP contribution in [0.1, 0.15) is 11.1 Å². The summed E-state index contributed by atoms with van der Waals surface area (Å²) in [6.45, 7) is 0.164. The van der Waals surface area contributed by atoms with Crippen LogP contribution in [0.25, 0.3) is 0 Å². The van der Waals surface area contributed by atoms with Gasteiger partial charge in [0.25, 0.3) is 5.69 Å². The minimum absolute atomic E-state index is 0.0514. The van der Waals surface area contributed by atoms with E-state index in [9.17, 15) is 15.2 Å². The number of hydrogen-bond donors (Lipinski definition) is 1. The molecule has 2 rings (SSSR count). The summed E-state index contributed by atoms with van der Waals surface area (Å²) in [5.41, 5.74) is 1.52. The van der Waals surface area contributed by atoms with Gasteiger partial charge in [-0.05, 0) is 11.6 Å². The number of benzene rings is 2. The molecule has 0 aromatic heterocycles. The van der Waals surface area contributed by atoms with Crippen molar-refractivity contribution in [2.45, 2.75) is 13.0 Å². The number of ether oxygens (including phenoxy) is 1. The highest BCUT2D eigenvalue weighted by atomic mass is 16.6. The second-order valence-electron chi connectivity index (χ2n) is 4.29. The zero-order valence-electron chi connectivity index (χ0n) is 10.9. The molecule has 0 spiro atoms. The molecule has 0 atom stereocenters. The van der Waals surface area contributed by atoms with Gasteiger partial charge in [0.15, 0.2) is 0 Å². The van der Waals surface area contributed by atoms with E-state index >= 15 is 0 Å². The molecular formula is C15H15NO4. The van der Waals surface area contributed by atoms with Crippen LogP contribution in [-0.2, 0) is 13.0 Å². The molecule has 0 fully saturated rings. The number of aliphatic hydroxyl groups is 1. The molecule has 0 aliphatic rings. The van der Waals surface area contributed by atoms with Crippen LogP contribution in [0.5, 0.6) is 5.75 Å². The van der Waals surface area contributed by atoms with Crippen LogP contribution < -0.4 is 4.74 Å². The number of rotatable bonds is 6. The lowest BCUT2D eigenvalue weighted by Gasteiger charge is -2.10. The lowest BCUT2D eigenvalue weighted by atomic mass is 10.1. The quantitative estimate of drug-likeness (QED) is 0.648. The van der Waals surface area contributed by atoms with Crippen molar-refractivity contribution < 1.29 is 14.8 Å². The van der Waals surface area contributed by atoms with Gasteiger partial charge in [-0.1, -0.05) is 30.3 Å². The summed E-state index contributed by atoms with van der Waals surface area (Å²) in [6.07, 6.45) is 0.739. The topological polar surface area (TPSA) is 72.6 Å². The highest BCUT2D eigenvalue weighted by Crippen LogP contribution is 2.24. The van der Waals surface area contributed by atoms with Crippen LogP contribution in [0.15, 0.2) is 48.5 Å². The van der Waals surface area contributed by atoms with E-state index in [0.717, 1.165) is 12.0 Å². The molecule has 104 valence electrons. The van der Waals surface area contributed by atoms with E-state index in [1.165, 1.54) is 18.2 Å². The molecule has 0 radical (unpaired) electrons. The number of non-ortho nitro benzene ring substituents is 1. The normalized spacial score (nSPS) is 10.2. The van der Waals surface area contributed by atoms with E-state index in [-0.39, 0.29) is 12.3 Å². The monoisotopic (exact) mass is 273 g/mol. The molecule has 5 nitrogen and oxygen atoms in total. The van der Waals surface area contributed by atoms with Gasteiger partial charge in [0, 0.05) is 24.1 Å².